The van der Waals surface area contributed by atoms with Gasteiger partial charge in [0.05, 0.1) is 0 Å². The van der Waals surface area contributed by atoms with E-state index in [9.17, 15) is 0 Å². The van der Waals surface area contributed by atoms with Gasteiger partial charge in [0, 0.05) is 31.0 Å². The standard InChI is InChI=1S/C14H20N2OS/c1-10-2-3-12(14(15)18)13(8-10)16-9-11-4-6-17-7-5-11/h2-3,8,11,16H,4-7,9H2,1H3,(H2,15,18). The highest BCUT2D eigenvalue weighted by atomic mass is 32.1. The molecule has 0 aromatic heterocycles. The molecule has 18 heavy (non-hydrogen) atoms. The molecule has 1 saturated heterocycles. The Morgan fingerprint density at radius 3 is 2.83 bits per heavy atom. The summed E-state index contributed by atoms with van der Waals surface area (Å²) in [4.78, 5) is 0.449. The third-order valence-corrected chi connectivity index (χ3v) is 3.58. The maximum absolute atomic E-state index is 5.74. The van der Waals surface area contributed by atoms with Gasteiger partial charge in [0.1, 0.15) is 4.99 Å². The lowest BCUT2D eigenvalue weighted by Crippen LogP contribution is -2.23. The Bertz CT molecular complexity index is 428. The number of anilines is 1. The van der Waals surface area contributed by atoms with Gasteiger partial charge >= 0.3 is 0 Å². The van der Waals surface area contributed by atoms with Crippen LogP contribution in [0.3, 0.4) is 0 Å². The molecular formula is C14H20N2OS. The number of benzene rings is 1. The van der Waals surface area contributed by atoms with E-state index in [0.717, 1.165) is 43.9 Å². The molecule has 2 rings (SSSR count). The van der Waals surface area contributed by atoms with Crippen LogP contribution < -0.4 is 11.1 Å². The van der Waals surface area contributed by atoms with Crippen molar-refractivity contribution in [1.82, 2.24) is 0 Å². The molecule has 3 nitrogen and oxygen atoms in total. The van der Waals surface area contributed by atoms with E-state index >= 15 is 0 Å². The fraction of sp³-hybridized carbons (Fsp3) is 0.500. The molecule has 1 heterocycles. The van der Waals surface area contributed by atoms with Crippen LogP contribution in [0.1, 0.15) is 24.0 Å². The molecule has 0 aliphatic carbocycles. The highest BCUT2D eigenvalue weighted by molar-refractivity contribution is 7.80. The first-order valence-electron chi connectivity index (χ1n) is 6.39. The molecule has 0 radical (unpaired) electrons. The predicted octanol–water partition coefficient (Wildman–Crippen LogP) is 2.47. The average Bonchev–Trinajstić information content (AvgIpc) is 2.37. The molecule has 1 aliphatic rings. The Labute approximate surface area is 114 Å². The second-order valence-corrected chi connectivity index (χ2v) is 5.29. The largest absolute Gasteiger partial charge is 0.389 e. The van der Waals surface area contributed by atoms with Gasteiger partial charge in [0.15, 0.2) is 0 Å². The summed E-state index contributed by atoms with van der Waals surface area (Å²) in [6.07, 6.45) is 2.25. The SMILES string of the molecule is Cc1ccc(C(N)=S)c(NCC2CCOCC2)c1. The highest BCUT2D eigenvalue weighted by Crippen LogP contribution is 2.20. The third-order valence-electron chi connectivity index (χ3n) is 3.36. The number of aryl methyl sites for hydroxylation is 1. The molecule has 1 aliphatic heterocycles. The molecule has 1 fully saturated rings. The number of thiocarbonyl (C=S) groups is 1. The lowest BCUT2D eigenvalue weighted by molar-refractivity contribution is 0.0699. The van der Waals surface area contributed by atoms with Gasteiger partial charge in [-0.25, -0.2) is 0 Å². The molecule has 0 atom stereocenters. The van der Waals surface area contributed by atoms with Crippen LogP contribution in [0.5, 0.6) is 0 Å². The molecule has 98 valence electrons. The van der Waals surface area contributed by atoms with Gasteiger partial charge in [0.2, 0.25) is 0 Å². The Hall–Kier alpha value is -1.13. The summed E-state index contributed by atoms with van der Waals surface area (Å²) in [7, 11) is 0. The lowest BCUT2D eigenvalue weighted by Gasteiger charge is -2.23. The van der Waals surface area contributed by atoms with E-state index in [-0.39, 0.29) is 0 Å². The number of hydrogen-bond donors (Lipinski definition) is 2. The molecule has 0 saturated carbocycles. The van der Waals surface area contributed by atoms with E-state index in [2.05, 4.69) is 18.3 Å². The molecule has 3 N–H and O–H groups in total. The highest BCUT2D eigenvalue weighted by Gasteiger charge is 2.14. The fourth-order valence-corrected chi connectivity index (χ4v) is 2.40. The van der Waals surface area contributed by atoms with Gasteiger partial charge in [-0.3, -0.25) is 0 Å². The number of rotatable bonds is 4. The Morgan fingerprint density at radius 2 is 2.17 bits per heavy atom. The van der Waals surface area contributed by atoms with E-state index < -0.39 is 0 Å². The van der Waals surface area contributed by atoms with Crippen LogP contribution in [-0.4, -0.2) is 24.7 Å². The van der Waals surface area contributed by atoms with Crippen molar-refractivity contribution >= 4 is 22.9 Å². The molecule has 0 unspecified atom stereocenters. The summed E-state index contributed by atoms with van der Waals surface area (Å²) in [5.41, 5.74) is 8.94. The van der Waals surface area contributed by atoms with Crippen molar-refractivity contribution in [3.8, 4) is 0 Å². The van der Waals surface area contributed by atoms with E-state index in [1.807, 2.05) is 12.1 Å². The summed E-state index contributed by atoms with van der Waals surface area (Å²) in [5.74, 6) is 0.679. The van der Waals surface area contributed by atoms with E-state index in [0.29, 0.717) is 10.9 Å². The van der Waals surface area contributed by atoms with Crippen molar-refractivity contribution in [3.05, 3.63) is 29.3 Å². The lowest BCUT2D eigenvalue weighted by atomic mass is 10.00. The zero-order valence-electron chi connectivity index (χ0n) is 10.7. The van der Waals surface area contributed by atoms with Crippen molar-refractivity contribution in [2.75, 3.05) is 25.1 Å². The van der Waals surface area contributed by atoms with Crippen LogP contribution in [0.25, 0.3) is 0 Å². The Kier molecular flexibility index (Phi) is 4.55. The van der Waals surface area contributed by atoms with Crippen LogP contribution in [0.15, 0.2) is 18.2 Å². The first kappa shape index (κ1) is 13.3. The van der Waals surface area contributed by atoms with Crippen molar-refractivity contribution in [2.45, 2.75) is 19.8 Å². The van der Waals surface area contributed by atoms with Crippen LogP contribution in [-0.2, 0) is 4.74 Å². The molecule has 0 spiro atoms. The predicted molar refractivity (Wildman–Crippen MR) is 79.1 cm³/mol. The molecular weight excluding hydrogens is 244 g/mol. The van der Waals surface area contributed by atoms with Crippen molar-refractivity contribution < 1.29 is 4.74 Å². The molecule has 0 amide bonds. The molecule has 1 aromatic rings. The summed E-state index contributed by atoms with van der Waals surface area (Å²) in [6.45, 7) is 4.79. The Balaban J connectivity index is 2.03. The molecule has 4 heteroatoms. The summed E-state index contributed by atoms with van der Waals surface area (Å²) >= 11 is 5.08. The van der Waals surface area contributed by atoms with E-state index in [4.69, 9.17) is 22.7 Å². The minimum atomic E-state index is 0.449. The van der Waals surface area contributed by atoms with Gasteiger partial charge in [-0.2, -0.15) is 0 Å². The smallest absolute Gasteiger partial charge is 0.106 e. The first-order valence-corrected chi connectivity index (χ1v) is 6.79. The van der Waals surface area contributed by atoms with Gasteiger partial charge in [-0.15, -0.1) is 0 Å². The fourth-order valence-electron chi connectivity index (χ4n) is 2.22. The average molecular weight is 264 g/mol. The quantitative estimate of drug-likeness (QED) is 0.820. The minimum absolute atomic E-state index is 0.449. The van der Waals surface area contributed by atoms with E-state index in [1.54, 1.807) is 0 Å². The number of hydrogen-bond acceptors (Lipinski definition) is 3. The van der Waals surface area contributed by atoms with Crippen LogP contribution in [0.4, 0.5) is 5.69 Å². The summed E-state index contributed by atoms with van der Waals surface area (Å²) in [6, 6.07) is 6.13. The van der Waals surface area contributed by atoms with Crippen molar-refractivity contribution in [2.24, 2.45) is 11.7 Å². The van der Waals surface area contributed by atoms with Crippen LogP contribution >= 0.6 is 12.2 Å². The topological polar surface area (TPSA) is 47.3 Å². The maximum atomic E-state index is 5.74. The summed E-state index contributed by atoms with van der Waals surface area (Å²) in [5, 5.41) is 3.48. The number of nitrogens with one attached hydrogen (secondary N) is 1. The van der Waals surface area contributed by atoms with Crippen molar-refractivity contribution in [1.29, 1.82) is 0 Å². The Morgan fingerprint density at radius 1 is 1.44 bits per heavy atom. The van der Waals surface area contributed by atoms with E-state index in [1.165, 1.54) is 5.56 Å². The van der Waals surface area contributed by atoms with Gasteiger partial charge in [0.25, 0.3) is 0 Å². The second-order valence-electron chi connectivity index (χ2n) is 4.85. The monoisotopic (exact) mass is 264 g/mol. The minimum Gasteiger partial charge on any atom is -0.389 e. The normalized spacial score (nSPS) is 16.5. The first-order chi connectivity index (χ1) is 8.66. The molecule has 1 aromatic carbocycles. The maximum Gasteiger partial charge on any atom is 0.106 e. The number of ether oxygens (including phenoxy) is 1. The van der Waals surface area contributed by atoms with Crippen LogP contribution in [0, 0.1) is 12.8 Å². The van der Waals surface area contributed by atoms with Crippen molar-refractivity contribution in [3.63, 3.8) is 0 Å². The number of nitrogens with two attached hydrogens (primary N) is 1. The summed E-state index contributed by atoms with van der Waals surface area (Å²) < 4.78 is 5.36. The molecule has 0 bridgehead atoms. The van der Waals surface area contributed by atoms with Gasteiger partial charge in [-0.1, -0.05) is 18.3 Å². The zero-order valence-corrected chi connectivity index (χ0v) is 11.6. The van der Waals surface area contributed by atoms with Gasteiger partial charge in [-0.05, 0) is 43.4 Å². The van der Waals surface area contributed by atoms with Gasteiger partial charge < -0.3 is 15.8 Å². The second kappa shape index (κ2) is 6.16. The van der Waals surface area contributed by atoms with Crippen LogP contribution in [0.2, 0.25) is 0 Å². The zero-order chi connectivity index (χ0) is 13.0. The third kappa shape index (κ3) is 3.43.